The van der Waals surface area contributed by atoms with Crippen LogP contribution in [0, 0.1) is 6.92 Å². The van der Waals surface area contributed by atoms with Crippen molar-refractivity contribution in [1.29, 1.82) is 0 Å². The van der Waals surface area contributed by atoms with Crippen molar-refractivity contribution in [1.82, 2.24) is 5.27 Å². The maximum atomic E-state index is 12.4. The van der Waals surface area contributed by atoms with Crippen LogP contribution in [0.1, 0.15) is 18.9 Å². The van der Waals surface area contributed by atoms with Crippen LogP contribution in [0.3, 0.4) is 0 Å². The molecule has 0 aliphatic heterocycles. The third-order valence-electron chi connectivity index (χ3n) is 3.11. The minimum atomic E-state index is -0.489. The van der Waals surface area contributed by atoms with Crippen LogP contribution in [-0.2, 0) is 11.8 Å². The summed E-state index contributed by atoms with van der Waals surface area (Å²) in [5.41, 5.74) is 1.08. The Hall–Kier alpha value is -1.73. The lowest BCUT2D eigenvalue weighted by molar-refractivity contribution is -0.772. The second-order valence-corrected chi connectivity index (χ2v) is 6.41. The normalized spacial score (nSPS) is 12.2. The second kappa shape index (κ2) is 7.02. The molecule has 1 amide bonds. The number of benzene rings is 1. The molecule has 22 heavy (non-hydrogen) atoms. The molecule has 2 N–H and O–H groups in total. The number of aromatic amines is 1. The molecule has 1 heterocycles. The fraction of sp³-hybridized carbons (Fsp3) is 0.357. The van der Waals surface area contributed by atoms with E-state index in [0.29, 0.717) is 22.2 Å². The number of carbonyl (C=O) groups is 1. The summed E-state index contributed by atoms with van der Waals surface area (Å²) in [6, 6.07) is 5.34. The number of rotatable bonds is 5. The second-order valence-electron chi connectivity index (χ2n) is 4.81. The number of thioether (sulfide) groups is 1. The van der Waals surface area contributed by atoms with Gasteiger partial charge in [-0.1, -0.05) is 29.3 Å². The van der Waals surface area contributed by atoms with Gasteiger partial charge in [0.25, 0.3) is 0 Å². The molecule has 0 fully saturated rings. The summed E-state index contributed by atoms with van der Waals surface area (Å²) >= 11 is 7.21. The van der Waals surface area contributed by atoms with E-state index in [-0.39, 0.29) is 5.91 Å². The van der Waals surface area contributed by atoms with E-state index in [2.05, 4.69) is 15.1 Å². The van der Waals surface area contributed by atoms with E-state index in [4.69, 9.17) is 11.6 Å². The van der Waals surface area contributed by atoms with Crippen LogP contribution in [0.25, 0.3) is 0 Å². The molecule has 118 valence electrons. The number of aryl methyl sites for hydroxylation is 2. The highest BCUT2D eigenvalue weighted by atomic mass is 35.5. The Morgan fingerprint density at radius 2 is 2.27 bits per heavy atom. The summed E-state index contributed by atoms with van der Waals surface area (Å²) in [6.45, 7) is 3.78. The zero-order chi connectivity index (χ0) is 16.3. The van der Waals surface area contributed by atoms with E-state index in [1.807, 2.05) is 19.9 Å². The minimum Gasteiger partial charge on any atom is -0.325 e. The molecule has 0 aliphatic carbocycles. The summed E-state index contributed by atoms with van der Waals surface area (Å²) in [6.07, 6.45) is 0.570. The number of nitrogens with one attached hydrogen (secondary N) is 2. The number of nitrogens with zero attached hydrogens (tertiary/aromatic N) is 1. The maximum absolute atomic E-state index is 12.4. The van der Waals surface area contributed by atoms with Gasteiger partial charge in [-0.05, 0) is 48.1 Å². The Morgan fingerprint density at radius 3 is 2.82 bits per heavy atom. The lowest BCUT2D eigenvalue weighted by Gasteiger charge is -2.12. The predicted octanol–water partition coefficient (Wildman–Crippen LogP) is 2.26. The molecular weight excluding hydrogens is 326 g/mol. The zero-order valence-electron chi connectivity index (χ0n) is 12.5. The van der Waals surface area contributed by atoms with Crippen molar-refractivity contribution in [2.45, 2.75) is 30.5 Å². The quantitative estimate of drug-likeness (QED) is 0.645. The molecule has 1 aromatic heterocycles. The Balaban J connectivity index is 2.12. The summed E-state index contributed by atoms with van der Waals surface area (Å²) in [7, 11) is 1.65. The lowest BCUT2D eigenvalue weighted by Crippen LogP contribution is -2.35. The average molecular weight is 343 g/mol. The van der Waals surface area contributed by atoms with Crippen LogP contribution in [0.15, 0.2) is 32.5 Å². The Kier molecular flexibility index (Phi) is 5.31. The van der Waals surface area contributed by atoms with Crippen LogP contribution in [0.4, 0.5) is 5.69 Å². The van der Waals surface area contributed by atoms with E-state index >= 15 is 0 Å². The largest absolute Gasteiger partial charge is 0.441 e. The van der Waals surface area contributed by atoms with Gasteiger partial charge in [-0.25, -0.2) is 4.79 Å². The smallest absolute Gasteiger partial charge is 0.325 e. The first-order valence-electron chi connectivity index (χ1n) is 6.73. The summed E-state index contributed by atoms with van der Waals surface area (Å²) in [4.78, 5) is 23.9. The number of hydrogen-bond acceptors (Lipinski definition) is 4. The molecule has 1 unspecified atom stereocenters. The van der Waals surface area contributed by atoms with Gasteiger partial charge in [0.1, 0.15) is 0 Å². The molecule has 2 rings (SSSR count). The molecule has 0 aliphatic rings. The van der Waals surface area contributed by atoms with Crippen molar-refractivity contribution in [2.24, 2.45) is 7.05 Å². The van der Waals surface area contributed by atoms with Gasteiger partial charge in [0, 0.05) is 10.7 Å². The number of aromatic nitrogens is 2. The molecule has 0 saturated heterocycles. The van der Waals surface area contributed by atoms with Crippen LogP contribution in [-0.4, -0.2) is 16.4 Å². The third-order valence-corrected chi connectivity index (χ3v) is 5.01. The third kappa shape index (κ3) is 3.72. The Bertz CT molecular complexity index is 741. The first-order chi connectivity index (χ1) is 10.4. The molecular formula is C14H17ClN3O3S+. The van der Waals surface area contributed by atoms with Gasteiger partial charge in [-0.3, -0.25) is 9.32 Å². The summed E-state index contributed by atoms with van der Waals surface area (Å²) < 4.78 is 6.13. The van der Waals surface area contributed by atoms with Gasteiger partial charge in [0.2, 0.25) is 5.91 Å². The van der Waals surface area contributed by atoms with Crippen molar-refractivity contribution in [2.75, 3.05) is 5.32 Å². The standard InChI is InChI=1S/C14H16ClN3O3S/c1-4-11(22-13-14(20)21-17-18(13)3)12(19)16-9-6-5-8(2)10(15)7-9/h5-7,11H,4H2,1-3H3,(H-,16,17,19,20)/p+1. The van der Waals surface area contributed by atoms with Crippen molar-refractivity contribution >= 4 is 35.0 Å². The van der Waals surface area contributed by atoms with Crippen molar-refractivity contribution in [3.8, 4) is 0 Å². The molecule has 0 saturated carbocycles. The summed E-state index contributed by atoms with van der Waals surface area (Å²) in [5.74, 6) is -0.187. The number of hydrogen-bond donors (Lipinski definition) is 2. The SMILES string of the molecule is CCC(Sc1c(=O)o[nH][n+]1C)C(=O)Nc1ccc(C)c(Cl)c1. The molecule has 0 bridgehead atoms. The molecule has 8 heteroatoms. The van der Waals surface area contributed by atoms with E-state index in [1.165, 1.54) is 4.68 Å². The van der Waals surface area contributed by atoms with Crippen LogP contribution in [0.5, 0.6) is 0 Å². The van der Waals surface area contributed by atoms with Gasteiger partial charge in [0.05, 0.1) is 5.25 Å². The number of anilines is 1. The molecule has 6 nitrogen and oxygen atoms in total. The van der Waals surface area contributed by atoms with Gasteiger partial charge in [-0.15, -0.1) is 0 Å². The van der Waals surface area contributed by atoms with Crippen LogP contribution in [0.2, 0.25) is 5.02 Å². The van der Waals surface area contributed by atoms with Gasteiger partial charge >= 0.3 is 10.7 Å². The number of H-pyrrole nitrogens is 1. The van der Waals surface area contributed by atoms with Crippen LogP contribution >= 0.6 is 23.4 Å². The highest BCUT2D eigenvalue weighted by molar-refractivity contribution is 8.00. The highest BCUT2D eigenvalue weighted by Gasteiger charge is 2.27. The maximum Gasteiger partial charge on any atom is 0.441 e. The van der Waals surface area contributed by atoms with E-state index in [1.54, 1.807) is 19.2 Å². The van der Waals surface area contributed by atoms with Gasteiger partial charge in [-0.2, -0.15) is 0 Å². The number of halogens is 1. The molecule has 0 radical (unpaired) electrons. The monoisotopic (exact) mass is 342 g/mol. The van der Waals surface area contributed by atoms with Crippen molar-refractivity contribution < 1.29 is 14.0 Å². The molecule has 1 atom stereocenters. The van der Waals surface area contributed by atoms with E-state index in [0.717, 1.165) is 17.3 Å². The lowest BCUT2D eigenvalue weighted by atomic mass is 10.2. The fourth-order valence-corrected chi connectivity index (χ4v) is 2.93. The minimum absolute atomic E-state index is 0.187. The van der Waals surface area contributed by atoms with Crippen molar-refractivity contribution in [3.05, 3.63) is 39.2 Å². The van der Waals surface area contributed by atoms with Crippen molar-refractivity contribution in [3.63, 3.8) is 0 Å². The van der Waals surface area contributed by atoms with Gasteiger partial charge in [0.15, 0.2) is 7.05 Å². The van der Waals surface area contributed by atoms with E-state index in [9.17, 15) is 9.59 Å². The number of carbonyl (C=O) groups excluding carboxylic acids is 1. The van der Waals surface area contributed by atoms with E-state index < -0.39 is 10.9 Å². The topological polar surface area (TPSA) is 79.0 Å². The van der Waals surface area contributed by atoms with Gasteiger partial charge < -0.3 is 5.32 Å². The molecule has 2 aromatic rings. The predicted molar refractivity (Wildman–Crippen MR) is 85.3 cm³/mol. The van der Waals surface area contributed by atoms with Crippen LogP contribution < -0.4 is 15.6 Å². The number of amides is 1. The fourth-order valence-electron chi connectivity index (χ4n) is 1.81. The average Bonchev–Trinajstić information content (AvgIpc) is 2.79. The first-order valence-corrected chi connectivity index (χ1v) is 7.99. The molecule has 1 aromatic carbocycles. The first kappa shape index (κ1) is 16.6. The Labute approximate surface area is 136 Å². The molecule has 0 spiro atoms. The Morgan fingerprint density at radius 1 is 1.55 bits per heavy atom. The highest BCUT2D eigenvalue weighted by Crippen LogP contribution is 2.24. The zero-order valence-corrected chi connectivity index (χ0v) is 14.0. The summed E-state index contributed by atoms with van der Waals surface area (Å²) in [5, 5.41) is 5.78.